The molecule has 2 fully saturated rings. The summed E-state index contributed by atoms with van der Waals surface area (Å²) in [7, 11) is 0. The molecule has 2 aliphatic rings. The zero-order valence-corrected chi connectivity index (χ0v) is 25.4. The van der Waals surface area contributed by atoms with Crippen LogP contribution in [0.15, 0.2) is 66.7 Å². The quantitative estimate of drug-likeness (QED) is 0.196. The fraction of sp³-hybridized carbons (Fsp3) is 0.500. The highest BCUT2D eigenvalue weighted by Gasteiger charge is 2.18. The first-order valence-corrected chi connectivity index (χ1v) is 16.4. The highest BCUT2D eigenvalue weighted by Crippen LogP contribution is 2.28. The summed E-state index contributed by atoms with van der Waals surface area (Å²) in [4.78, 5) is 14.0. The van der Waals surface area contributed by atoms with E-state index in [0.29, 0.717) is 18.3 Å². The van der Waals surface area contributed by atoms with Gasteiger partial charge in [0.2, 0.25) is 5.95 Å². The van der Waals surface area contributed by atoms with Gasteiger partial charge in [-0.05, 0) is 35.4 Å². The van der Waals surface area contributed by atoms with E-state index in [-0.39, 0.29) is 0 Å². The van der Waals surface area contributed by atoms with Gasteiger partial charge in [-0.25, -0.2) is 0 Å². The molecule has 1 aromatic heterocycles. The summed E-state index contributed by atoms with van der Waals surface area (Å²) in [5, 5.41) is 3.40. The molecule has 0 amide bonds. The molecule has 42 heavy (non-hydrogen) atoms. The van der Waals surface area contributed by atoms with Crippen LogP contribution >= 0.6 is 0 Å². The van der Waals surface area contributed by atoms with E-state index in [1.165, 1.54) is 87.3 Å². The molecular weight excluding hydrogens is 516 g/mol. The Morgan fingerprint density at radius 3 is 2.33 bits per heavy atom. The highest BCUT2D eigenvalue weighted by molar-refractivity contribution is 5.52. The molecule has 1 aliphatic carbocycles. The summed E-state index contributed by atoms with van der Waals surface area (Å²) in [6, 6.07) is 21.4. The minimum atomic E-state index is 0.504. The molecule has 2 heterocycles. The zero-order valence-electron chi connectivity index (χ0n) is 25.4. The van der Waals surface area contributed by atoms with Crippen molar-refractivity contribution >= 4 is 23.7 Å². The first-order chi connectivity index (χ1) is 20.7. The zero-order chi connectivity index (χ0) is 28.8. The van der Waals surface area contributed by atoms with Gasteiger partial charge in [0.05, 0.1) is 0 Å². The molecule has 0 unspecified atom stereocenters. The Bertz CT molecular complexity index is 1210. The molecule has 5 rings (SSSR count). The van der Waals surface area contributed by atoms with Crippen LogP contribution < -0.4 is 16.0 Å². The molecule has 224 valence electrons. The average molecular weight is 567 g/mol. The van der Waals surface area contributed by atoms with Gasteiger partial charge < -0.3 is 16.0 Å². The maximum absolute atomic E-state index is 6.18. The summed E-state index contributed by atoms with van der Waals surface area (Å²) in [6.07, 6.45) is 19.9. The Balaban J connectivity index is 1.00. The fourth-order valence-corrected chi connectivity index (χ4v) is 6.35. The van der Waals surface area contributed by atoms with E-state index in [4.69, 9.17) is 10.7 Å². The first-order valence-electron chi connectivity index (χ1n) is 16.4. The van der Waals surface area contributed by atoms with Crippen molar-refractivity contribution in [1.82, 2.24) is 14.9 Å². The number of rotatable bonds is 14. The second-order valence-corrected chi connectivity index (χ2v) is 12.2. The Morgan fingerprint density at radius 1 is 0.810 bits per heavy atom. The van der Waals surface area contributed by atoms with Crippen LogP contribution in [0.5, 0.6) is 0 Å². The van der Waals surface area contributed by atoms with E-state index < -0.39 is 0 Å². The molecule has 0 atom stereocenters. The molecule has 1 saturated heterocycles. The Morgan fingerprint density at radius 2 is 1.55 bits per heavy atom. The van der Waals surface area contributed by atoms with Crippen LogP contribution in [0.1, 0.15) is 80.9 Å². The number of piperazine rings is 1. The predicted molar refractivity (Wildman–Crippen MR) is 178 cm³/mol. The number of nitrogen functional groups attached to an aromatic ring is 1. The standard InChI is InChI=1S/C36H50N6/c37-34-28-35(42-26-24-41(25-27-42)23-11-18-31-15-9-4-10-16-31)40-36(39-34)38-29-33-21-19-32(20-22-33)17-6-2-1-5-12-30-13-7-3-8-14-30/h4,9-11,15-16,18-22,28,30H,1-3,5-8,12-14,17,23-27,29H2,(H3,37,38,39,40)/b18-11+. The van der Waals surface area contributed by atoms with Gasteiger partial charge in [0.1, 0.15) is 11.6 Å². The fourth-order valence-electron chi connectivity index (χ4n) is 6.35. The van der Waals surface area contributed by atoms with E-state index in [1.807, 2.05) is 6.07 Å². The van der Waals surface area contributed by atoms with E-state index in [1.54, 1.807) is 0 Å². The lowest BCUT2D eigenvalue weighted by atomic mass is 9.85. The van der Waals surface area contributed by atoms with Crippen LogP contribution in [0, 0.1) is 5.92 Å². The van der Waals surface area contributed by atoms with Crippen molar-refractivity contribution in [3.63, 3.8) is 0 Å². The second-order valence-electron chi connectivity index (χ2n) is 12.2. The third-order valence-electron chi connectivity index (χ3n) is 8.93. The minimum absolute atomic E-state index is 0.504. The number of anilines is 3. The lowest BCUT2D eigenvalue weighted by molar-refractivity contribution is 0.283. The summed E-state index contributed by atoms with van der Waals surface area (Å²) >= 11 is 0. The van der Waals surface area contributed by atoms with Crippen molar-refractivity contribution < 1.29 is 0 Å². The van der Waals surface area contributed by atoms with E-state index in [2.05, 4.69) is 86.8 Å². The third-order valence-corrected chi connectivity index (χ3v) is 8.93. The molecule has 1 saturated carbocycles. The Labute approximate surface area is 253 Å². The predicted octanol–water partition coefficient (Wildman–Crippen LogP) is 7.58. The van der Waals surface area contributed by atoms with Crippen molar-refractivity contribution in [1.29, 1.82) is 0 Å². The van der Waals surface area contributed by atoms with Crippen molar-refractivity contribution in [2.45, 2.75) is 77.2 Å². The van der Waals surface area contributed by atoms with Gasteiger partial charge in [-0.15, -0.1) is 0 Å². The molecule has 6 nitrogen and oxygen atoms in total. The first kappa shape index (κ1) is 30.1. The molecular formula is C36H50N6. The summed E-state index contributed by atoms with van der Waals surface area (Å²) < 4.78 is 0. The number of aryl methyl sites for hydroxylation is 1. The summed E-state index contributed by atoms with van der Waals surface area (Å²) in [6.45, 7) is 5.50. The maximum atomic E-state index is 6.18. The van der Waals surface area contributed by atoms with E-state index in [0.717, 1.165) is 44.5 Å². The normalized spacial score (nSPS) is 16.7. The number of nitrogens with one attached hydrogen (secondary N) is 1. The topological polar surface area (TPSA) is 70.3 Å². The van der Waals surface area contributed by atoms with Gasteiger partial charge in [0.25, 0.3) is 0 Å². The van der Waals surface area contributed by atoms with Gasteiger partial charge in [-0.1, -0.05) is 125 Å². The smallest absolute Gasteiger partial charge is 0.226 e. The molecule has 0 radical (unpaired) electrons. The molecule has 3 aromatic rings. The minimum Gasteiger partial charge on any atom is -0.383 e. The maximum Gasteiger partial charge on any atom is 0.226 e. The number of benzene rings is 2. The van der Waals surface area contributed by atoms with Gasteiger partial charge in [-0.2, -0.15) is 9.97 Å². The number of unbranched alkanes of at least 4 members (excludes halogenated alkanes) is 3. The van der Waals surface area contributed by atoms with Crippen LogP contribution in [-0.2, 0) is 13.0 Å². The van der Waals surface area contributed by atoms with Crippen molar-refractivity contribution in [3.05, 3.63) is 83.4 Å². The number of aromatic nitrogens is 2. The summed E-state index contributed by atoms with van der Waals surface area (Å²) in [5.74, 6) is 3.03. The van der Waals surface area contributed by atoms with Crippen LogP contribution in [0.25, 0.3) is 6.08 Å². The molecule has 1 aliphatic heterocycles. The molecule has 0 spiro atoms. The van der Waals surface area contributed by atoms with E-state index >= 15 is 0 Å². The largest absolute Gasteiger partial charge is 0.383 e. The SMILES string of the molecule is Nc1cc(N2CCN(C/C=C/c3ccccc3)CC2)nc(NCc2ccc(CCCCCCC3CCCCC3)cc2)n1. The number of nitrogens with zero attached hydrogens (tertiary/aromatic N) is 4. The van der Waals surface area contributed by atoms with Gasteiger partial charge in [0.15, 0.2) is 0 Å². The van der Waals surface area contributed by atoms with Crippen LogP contribution in [0.2, 0.25) is 0 Å². The van der Waals surface area contributed by atoms with Gasteiger partial charge in [-0.3, -0.25) is 4.90 Å². The third kappa shape index (κ3) is 9.87. The van der Waals surface area contributed by atoms with E-state index in [9.17, 15) is 0 Å². The van der Waals surface area contributed by atoms with Crippen molar-refractivity contribution in [2.75, 3.05) is 48.7 Å². The van der Waals surface area contributed by atoms with Crippen LogP contribution in [-0.4, -0.2) is 47.6 Å². The molecule has 6 heteroatoms. The molecule has 0 bridgehead atoms. The van der Waals surface area contributed by atoms with Gasteiger partial charge >= 0.3 is 0 Å². The lowest BCUT2D eigenvalue weighted by Gasteiger charge is -2.35. The number of hydrogen-bond donors (Lipinski definition) is 2. The number of nitrogens with two attached hydrogens (primary N) is 1. The summed E-state index contributed by atoms with van der Waals surface area (Å²) in [5.41, 5.74) is 10.1. The average Bonchev–Trinajstić information content (AvgIpc) is 3.03. The van der Waals surface area contributed by atoms with Crippen LogP contribution in [0.3, 0.4) is 0 Å². The Kier molecular flexibility index (Phi) is 11.7. The number of hydrogen-bond acceptors (Lipinski definition) is 6. The van der Waals surface area contributed by atoms with Crippen LogP contribution in [0.4, 0.5) is 17.6 Å². The monoisotopic (exact) mass is 566 g/mol. The Hall–Kier alpha value is -3.38. The van der Waals surface area contributed by atoms with Gasteiger partial charge in [0, 0.05) is 45.3 Å². The second kappa shape index (κ2) is 16.3. The molecule has 2 aromatic carbocycles. The van der Waals surface area contributed by atoms with Crippen molar-refractivity contribution in [3.8, 4) is 0 Å². The lowest BCUT2D eigenvalue weighted by Crippen LogP contribution is -2.46. The molecule has 3 N–H and O–H groups in total. The van der Waals surface area contributed by atoms with Crippen molar-refractivity contribution in [2.24, 2.45) is 5.92 Å². The highest BCUT2D eigenvalue weighted by atomic mass is 15.3.